The highest BCUT2D eigenvalue weighted by atomic mass is 79.9. The van der Waals surface area contributed by atoms with Gasteiger partial charge in [0, 0.05) is 23.6 Å². The normalized spacial score (nSPS) is 10.5. The van der Waals surface area contributed by atoms with Crippen LogP contribution >= 0.6 is 15.9 Å². The molecule has 0 fully saturated rings. The van der Waals surface area contributed by atoms with E-state index in [4.69, 9.17) is 0 Å². The summed E-state index contributed by atoms with van der Waals surface area (Å²) >= 11 is 3.39. The lowest BCUT2D eigenvalue weighted by molar-refractivity contribution is 0.103. The van der Waals surface area contributed by atoms with Gasteiger partial charge in [0.2, 0.25) is 5.78 Å². The Kier molecular flexibility index (Phi) is 3.79. The largest absolute Gasteiger partial charge is 0.344 e. The van der Waals surface area contributed by atoms with Gasteiger partial charge in [0.05, 0.1) is 5.69 Å². The third kappa shape index (κ3) is 2.67. The number of nitrogens with zero attached hydrogens (tertiary/aromatic N) is 1. The maximum absolute atomic E-state index is 12.3. The van der Waals surface area contributed by atoms with Crippen molar-refractivity contribution in [2.24, 2.45) is 0 Å². The lowest BCUT2D eigenvalue weighted by atomic mass is 10.1. The van der Waals surface area contributed by atoms with Crippen LogP contribution in [0.2, 0.25) is 0 Å². The molecular formula is C14H14BrNO. The molecule has 17 heavy (non-hydrogen) atoms. The Hall–Kier alpha value is -1.35. The van der Waals surface area contributed by atoms with Gasteiger partial charge in [-0.25, -0.2) is 0 Å². The van der Waals surface area contributed by atoms with Gasteiger partial charge in [-0.1, -0.05) is 39.7 Å². The molecule has 2 nitrogen and oxygen atoms in total. The zero-order valence-corrected chi connectivity index (χ0v) is 11.3. The SMILES string of the molecule is Cc1cccc(C(=O)c2cccn2CCBr)c1. The molecule has 0 unspecified atom stereocenters. The van der Waals surface area contributed by atoms with Gasteiger partial charge in [0.15, 0.2) is 0 Å². The number of ketones is 1. The first-order valence-electron chi connectivity index (χ1n) is 5.55. The van der Waals surface area contributed by atoms with Crippen molar-refractivity contribution < 1.29 is 4.79 Å². The molecule has 1 aromatic carbocycles. The van der Waals surface area contributed by atoms with E-state index in [1.807, 2.05) is 54.1 Å². The van der Waals surface area contributed by atoms with Crippen molar-refractivity contribution in [3.05, 3.63) is 59.4 Å². The topological polar surface area (TPSA) is 22.0 Å². The average Bonchev–Trinajstić information content (AvgIpc) is 2.77. The fourth-order valence-electron chi connectivity index (χ4n) is 1.84. The lowest BCUT2D eigenvalue weighted by Gasteiger charge is -2.07. The first-order chi connectivity index (χ1) is 8.22. The average molecular weight is 292 g/mol. The van der Waals surface area contributed by atoms with Crippen LogP contribution in [-0.4, -0.2) is 15.7 Å². The van der Waals surface area contributed by atoms with Gasteiger partial charge in [-0.2, -0.15) is 0 Å². The van der Waals surface area contributed by atoms with Crippen LogP contribution in [0.25, 0.3) is 0 Å². The number of aryl methyl sites for hydroxylation is 2. The summed E-state index contributed by atoms with van der Waals surface area (Å²) in [4.78, 5) is 12.3. The molecule has 2 aromatic rings. The van der Waals surface area contributed by atoms with Crippen LogP contribution in [-0.2, 0) is 6.54 Å². The highest BCUT2D eigenvalue weighted by Crippen LogP contribution is 2.12. The molecule has 0 saturated heterocycles. The molecular weight excluding hydrogens is 278 g/mol. The van der Waals surface area contributed by atoms with Gasteiger partial charge in [-0.05, 0) is 25.1 Å². The third-order valence-electron chi connectivity index (χ3n) is 2.67. The number of hydrogen-bond acceptors (Lipinski definition) is 1. The molecule has 1 aromatic heterocycles. The van der Waals surface area contributed by atoms with Gasteiger partial charge in [-0.15, -0.1) is 0 Å². The number of rotatable bonds is 4. The van der Waals surface area contributed by atoms with Gasteiger partial charge in [0.1, 0.15) is 0 Å². The Morgan fingerprint density at radius 2 is 2.12 bits per heavy atom. The number of aromatic nitrogens is 1. The summed E-state index contributed by atoms with van der Waals surface area (Å²) in [5.41, 5.74) is 2.60. The molecule has 0 bridgehead atoms. The molecule has 3 heteroatoms. The number of hydrogen-bond donors (Lipinski definition) is 0. The minimum Gasteiger partial charge on any atom is -0.344 e. The van der Waals surface area contributed by atoms with Crippen LogP contribution in [0.15, 0.2) is 42.6 Å². The summed E-state index contributed by atoms with van der Waals surface area (Å²) in [5.74, 6) is 0.0830. The number of halogens is 1. The maximum atomic E-state index is 12.3. The van der Waals surface area contributed by atoms with Crippen LogP contribution in [0.4, 0.5) is 0 Å². The highest BCUT2D eigenvalue weighted by molar-refractivity contribution is 9.09. The van der Waals surface area contributed by atoms with E-state index in [1.165, 1.54) is 0 Å². The molecule has 0 amide bonds. The zero-order valence-electron chi connectivity index (χ0n) is 9.69. The second-order valence-corrected chi connectivity index (χ2v) is 4.77. The van der Waals surface area contributed by atoms with Crippen LogP contribution in [0.1, 0.15) is 21.6 Å². The predicted molar refractivity (Wildman–Crippen MR) is 72.8 cm³/mol. The molecule has 1 heterocycles. The molecule has 88 valence electrons. The Balaban J connectivity index is 2.33. The van der Waals surface area contributed by atoms with Gasteiger partial charge in [0.25, 0.3) is 0 Å². The second-order valence-electron chi connectivity index (χ2n) is 3.97. The molecule has 0 N–H and O–H groups in total. The fraction of sp³-hybridized carbons (Fsp3) is 0.214. The summed E-state index contributed by atoms with van der Waals surface area (Å²) in [6.45, 7) is 2.80. The molecule has 0 aliphatic carbocycles. The fourth-order valence-corrected chi connectivity index (χ4v) is 2.22. The van der Waals surface area contributed by atoms with E-state index in [1.54, 1.807) is 0 Å². The van der Waals surface area contributed by atoms with Gasteiger partial charge < -0.3 is 4.57 Å². The van der Waals surface area contributed by atoms with Gasteiger partial charge in [-0.3, -0.25) is 4.79 Å². The molecule has 0 radical (unpaired) electrons. The van der Waals surface area contributed by atoms with E-state index >= 15 is 0 Å². The molecule has 2 rings (SSSR count). The van der Waals surface area contributed by atoms with E-state index in [0.717, 1.165) is 28.7 Å². The van der Waals surface area contributed by atoms with Crippen LogP contribution in [0.5, 0.6) is 0 Å². The first-order valence-corrected chi connectivity index (χ1v) is 6.67. The number of benzene rings is 1. The Bertz CT molecular complexity index is 531. The molecule has 0 saturated carbocycles. The molecule has 0 atom stereocenters. The predicted octanol–water partition coefficient (Wildman–Crippen LogP) is 3.42. The maximum Gasteiger partial charge on any atom is 0.209 e. The van der Waals surface area contributed by atoms with Gasteiger partial charge >= 0.3 is 0 Å². The van der Waals surface area contributed by atoms with E-state index < -0.39 is 0 Å². The summed E-state index contributed by atoms with van der Waals surface area (Å²) < 4.78 is 1.97. The van der Waals surface area contributed by atoms with Crippen molar-refractivity contribution in [3.8, 4) is 0 Å². The molecule has 0 aliphatic heterocycles. The van der Waals surface area contributed by atoms with Crippen LogP contribution in [0, 0.1) is 6.92 Å². The summed E-state index contributed by atoms with van der Waals surface area (Å²) in [5, 5.41) is 0.843. The second kappa shape index (κ2) is 5.32. The van der Waals surface area contributed by atoms with Crippen LogP contribution in [0.3, 0.4) is 0 Å². The van der Waals surface area contributed by atoms with E-state index in [0.29, 0.717) is 0 Å². The molecule has 0 aliphatic rings. The third-order valence-corrected chi connectivity index (χ3v) is 3.02. The Morgan fingerprint density at radius 3 is 2.82 bits per heavy atom. The minimum atomic E-state index is 0.0830. The lowest BCUT2D eigenvalue weighted by Crippen LogP contribution is -2.10. The Labute approximate surface area is 109 Å². The monoisotopic (exact) mass is 291 g/mol. The number of carbonyl (C=O) groups excluding carboxylic acids is 1. The zero-order chi connectivity index (χ0) is 12.3. The van der Waals surface area contributed by atoms with Crippen molar-refractivity contribution >= 4 is 21.7 Å². The standard InChI is InChI=1S/C14H14BrNO/c1-11-4-2-5-12(10-11)14(17)13-6-3-8-16(13)9-7-15/h2-6,8,10H,7,9H2,1H3. The highest BCUT2D eigenvalue weighted by Gasteiger charge is 2.12. The smallest absolute Gasteiger partial charge is 0.209 e. The van der Waals surface area contributed by atoms with Crippen LogP contribution < -0.4 is 0 Å². The number of carbonyl (C=O) groups is 1. The summed E-state index contributed by atoms with van der Waals surface area (Å²) in [6, 6.07) is 11.5. The van der Waals surface area contributed by atoms with Crippen molar-refractivity contribution in [1.82, 2.24) is 4.57 Å². The van der Waals surface area contributed by atoms with E-state index in [-0.39, 0.29) is 5.78 Å². The first kappa shape index (κ1) is 12.1. The quantitative estimate of drug-likeness (QED) is 0.625. The van der Waals surface area contributed by atoms with Crippen molar-refractivity contribution in [1.29, 1.82) is 0 Å². The summed E-state index contributed by atoms with van der Waals surface area (Å²) in [6.07, 6.45) is 1.93. The molecule has 0 spiro atoms. The van der Waals surface area contributed by atoms with E-state index in [2.05, 4.69) is 15.9 Å². The van der Waals surface area contributed by atoms with Crippen molar-refractivity contribution in [3.63, 3.8) is 0 Å². The number of alkyl halides is 1. The van der Waals surface area contributed by atoms with E-state index in [9.17, 15) is 4.79 Å². The van der Waals surface area contributed by atoms with Crippen molar-refractivity contribution in [2.45, 2.75) is 13.5 Å². The summed E-state index contributed by atoms with van der Waals surface area (Å²) in [7, 11) is 0. The van der Waals surface area contributed by atoms with Crippen molar-refractivity contribution in [2.75, 3.05) is 5.33 Å². The minimum absolute atomic E-state index is 0.0830. The Morgan fingerprint density at radius 1 is 1.29 bits per heavy atom.